The molecule has 2 aromatic heterocycles. The maximum absolute atomic E-state index is 4.62. The highest BCUT2D eigenvalue weighted by molar-refractivity contribution is 5.58. The monoisotopic (exact) mass is 316 g/mol. The van der Waals surface area contributed by atoms with E-state index >= 15 is 0 Å². The maximum Gasteiger partial charge on any atom is 0.125 e. The molecule has 3 heterocycles. The minimum atomic E-state index is 0.864. The third kappa shape index (κ3) is 3.19. The summed E-state index contributed by atoms with van der Waals surface area (Å²) in [5, 5.41) is 0. The van der Waals surface area contributed by atoms with Gasteiger partial charge in [-0.1, -0.05) is 36.4 Å². The highest BCUT2D eigenvalue weighted by Crippen LogP contribution is 2.20. The van der Waals surface area contributed by atoms with E-state index in [0.29, 0.717) is 0 Å². The number of pyridine rings is 1. The Morgan fingerprint density at radius 3 is 2.67 bits per heavy atom. The second-order valence-corrected chi connectivity index (χ2v) is 6.27. The molecule has 0 spiro atoms. The Bertz CT molecular complexity index is 828. The molecule has 1 aromatic carbocycles. The predicted molar refractivity (Wildman–Crippen MR) is 94.3 cm³/mol. The molecular weight excluding hydrogens is 296 g/mol. The molecule has 0 unspecified atom stereocenters. The van der Waals surface area contributed by atoms with E-state index < -0.39 is 0 Å². The third-order valence-electron chi connectivity index (χ3n) is 4.43. The number of benzene rings is 1. The molecule has 4 nitrogen and oxygen atoms in total. The van der Waals surface area contributed by atoms with Crippen LogP contribution in [0.1, 0.15) is 22.6 Å². The summed E-state index contributed by atoms with van der Waals surface area (Å²) in [6, 6.07) is 14.6. The standard InChI is InChI=1S/C20H20N4/c1-15-21-12-18-14-24(10-9-20(18)23-15)13-16-7-8-19(22-11-16)17-5-3-2-4-6-17/h2-8,11-12H,9-10,13-14H2,1H3. The topological polar surface area (TPSA) is 41.9 Å². The van der Waals surface area contributed by atoms with Crippen molar-refractivity contribution in [2.75, 3.05) is 6.54 Å². The van der Waals surface area contributed by atoms with Crippen molar-refractivity contribution in [1.29, 1.82) is 0 Å². The van der Waals surface area contributed by atoms with Crippen LogP contribution in [0.4, 0.5) is 0 Å². The summed E-state index contributed by atoms with van der Waals surface area (Å²) >= 11 is 0. The minimum Gasteiger partial charge on any atom is -0.294 e. The van der Waals surface area contributed by atoms with Gasteiger partial charge in [0.25, 0.3) is 0 Å². The first-order chi connectivity index (χ1) is 11.8. The van der Waals surface area contributed by atoms with Gasteiger partial charge in [-0.05, 0) is 18.6 Å². The van der Waals surface area contributed by atoms with E-state index in [-0.39, 0.29) is 0 Å². The van der Waals surface area contributed by atoms with Crippen molar-refractivity contribution in [3.05, 3.63) is 77.5 Å². The summed E-state index contributed by atoms with van der Waals surface area (Å²) in [6.45, 7) is 4.81. The van der Waals surface area contributed by atoms with Gasteiger partial charge in [-0.3, -0.25) is 9.88 Å². The molecule has 4 rings (SSSR count). The SMILES string of the molecule is Cc1ncc2c(n1)CCN(Cc1ccc(-c3ccccc3)nc1)C2. The predicted octanol–water partition coefficient (Wildman–Crippen LogP) is 3.41. The normalized spacial score (nSPS) is 14.4. The zero-order chi connectivity index (χ0) is 16.4. The van der Waals surface area contributed by atoms with E-state index in [1.54, 1.807) is 0 Å². The Morgan fingerprint density at radius 2 is 1.88 bits per heavy atom. The van der Waals surface area contributed by atoms with Crippen molar-refractivity contribution >= 4 is 0 Å². The van der Waals surface area contributed by atoms with Gasteiger partial charge in [0.2, 0.25) is 0 Å². The zero-order valence-electron chi connectivity index (χ0n) is 13.8. The molecule has 24 heavy (non-hydrogen) atoms. The highest BCUT2D eigenvalue weighted by atomic mass is 15.1. The number of aromatic nitrogens is 3. The van der Waals surface area contributed by atoms with Crippen molar-refractivity contribution in [2.24, 2.45) is 0 Å². The molecule has 4 heteroatoms. The molecule has 120 valence electrons. The molecule has 0 fully saturated rings. The molecule has 3 aromatic rings. The van der Waals surface area contributed by atoms with Crippen LogP contribution in [0.25, 0.3) is 11.3 Å². The van der Waals surface area contributed by atoms with Crippen LogP contribution < -0.4 is 0 Å². The molecule has 0 bridgehead atoms. The van der Waals surface area contributed by atoms with Gasteiger partial charge >= 0.3 is 0 Å². The number of rotatable bonds is 3. The summed E-state index contributed by atoms with van der Waals surface area (Å²) in [5.74, 6) is 0.864. The number of hydrogen-bond donors (Lipinski definition) is 0. The number of aryl methyl sites for hydroxylation is 1. The zero-order valence-corrected chi connectivity index (χ0v) is 13.8. The van der Waals surface area contributed by atoms with Crippen LogP contribution in [0, 0.1) is 6.92 Å². The molecule has 0 N–H and O–H groups in total. The van der Waals surface area contributed by atoms with Gasteiger partial charge in [0.05, 0.1) is 5.69 Å². The molecule has 1 aliphatic heterocycles. The average Bonchev–Trinajstić information content (AvgIpc) is 2.63. The van der Waals surface area contributed by atoms with Crippen LogP contribution in [0.15, 0.2) is 54.9 Å². The Hall–Kier alpha value is -2.59. The molecule has 0 amide bonds. The quantitative estimate of drug-likeness (QED) is 0.742. The van der Waals surface area contributed by atoms with Gasteiger partial charge in [-0.25, -0.2) is 9.97 Å². The fourth-order valence-electron chi connectivity index (χ4n) is 3.17. The minimum absolute atomic E-state index is 0.864. The smallest absolute Gasteiger partial charge is 0.125 e. The molecule has 0 saturated heterocycles. The van der Waals surface area contributed by atoms with Gasteiger partial charge in [0.1, 0.15) is 5.82 Å². The Labute approximate surface area is 142 Å². The Kier molecular flexibility index (Phi) is 4.05. The van der Waals surface area contributed by atoms with Crippen LogP contribution in [-0.4, -0.2) is 26.4 Å². The average molecular weight is 316 g/mol. The lowest BCUT2D eigenvalue weighted by Gasteiger charge is -2.27. The van der Waals surface area contributed by atoms with Crippen molar-refractivity contribution in [3.63, 3.8) is 0 Å². The van der Waals surface area contributed by atoms with Crippen molar-refractivity contribution in [1.82, 2.24) is 19.9 Å². The second-order valence-electron chi connectivity index (χ2n) is 6.27. The summed E-state index contributed by atoms with van der Waals surface area (Å²) < 4.78 is 0. The molecule has 0 aliphatic carbocycles. The van der Waals surface area contributed by atoms with Crippen molar-refractivity contribution in [3.8, 4) is 11.3 Å². The van der Waals surface area contributed by atoms with Crippen molar-refractivity contribution < 1.29 is 0 Å². The highest BCUT2D eigenvalue weighted by Gasteiger charge is 2.18. The second kappa shape index (κ2) is 6.49. The number of fused-ring (bicyclic) bond motifs is 1. The molecule has 0 saturated carbocycles. The van der Waals surface area contributed by atoms with Gasteiger partial charge in [-0.15, -0.1) is 0 Å². The summed E-state index contributed by atoms with van der Waals surface area (Å²) in [7, 11) is 0. The van der Waals surface area contributed by atoms with Gasteiger partial charge in [0.15, 0.2) is 0 Å². The van der Waals surface area contributed by atoms with Gasteiger partial charge < -0.3 is 0 Å². The van der Waals surface area contributed by atoms with E-state index in [2.05, 4.69) is 44.1 Å². The molecular formula is C20H20N4. The van der Waals surface area contributed by atoms with Crippen LogP contribution in [0.5, 0.6) is 0 Å². The van der Waals surface area contributed by atoms with Gasteiger partial charge in [0, 0.05) is 55.3 Å². The third-order valence-corrected chi connectivity index (χ3v) is 4.43. The summed E-state index contributed by atoms with van der Waals surface area (Å²) in [4.78, 5) is 15.9. The molecule has 0 atom stereocenters. The van der Waals surface area contributed by atoms with Gasteiger partial charge in [-0.2, -0.15) is 0 Å². The van der Waals surface area contributed by atoms with E-state index in [1.165, 1.54) is 16.8 Å². The largest absolute Gasteiger partial charge is 0.294 e. The lowest BCUT2D eigenvalue weighted by Crippen LogP contribution is -2.31. The Morgan fingerprint density at radius 1 is 1.00 bits per heavy atom. The van der Waals surface area contributed by atoms with E-state index in [1.807, 2.05) is 37.5 Å². The fraction of sp³-hybridized carbons (Fsp3) is 0.250. The van der Waals surface area contributed by atoms with Crippen LogP contribution in [0.3, 0.4) is 0 Å². The maximum atomic E-state index is 4.62. The first kappa shape index (κ1) is 15.0. The first-order valence-electron chi connectivity index (χ1n) is 8.32. The van der Waals surface area contributed by atoms with E-state index in [0.717, 1.165) is 43.1 Å². The van der Waals surface area contributed by atoms with E-state index in [9.17, 15) is 0 Å². The first-order valence-corrected chi connectivity index (χ1v) is 8.32. The summed E-state index contributed by atoms with van der Waals surface area (Å²) in [5.41, 5.74) is 5.87. The number of nitrogens with zero attached hydrogens (tertiary/aromatic N) is 4. The van der Waals surface area contributed by atoms with Crippen LogP contribution in [0.2, 0.25) is 0 Å². The Balaban J connectivity index is 1.45. The lowest BCUT2D eigenvalue weighted by molar-refractivity contribution is 0.242. The fourth-order valence-corrected chi connectivity index (χ4v) is 3.17. The van der Waals surface area contributed by atoms with E-state index in [4.69, 9.17) is 0 Å². The number of hydrogen-bond acceptors (Lipinski definition) is 4. The molecule has 0 radical (unpaired) electrons. The van der Waals surface area contributed by atoms with Crippen LogP contribution >= 0.6 is 0 Å². The summed E-state index contributed by atoms with van der Waals surface area (Å²) in [6.07, 6.45) is 4.96. The lowest BCUT2D eigenvalue weighted by atomic mass is 10.1. The molecule has 1 aliphatic rings. The van der Waals surface area contributed by atoms with Crippen molar-refractivity contribution in [2.45, 2.75) is 26.4 Å². The van der Waals surface area contributed by atoms with Crippen LogP contribution in [-0.2, 0) is 19.5 Å².